The molecule has 0 saturated heterocycles. The lowest BCUT2D eigenvalue weighted by Crippen LogP contribution is -2.39. The van der Waals surface area contributed by atoms with E-state index in [1.807, 2.05) is 49.4 Å². The Morgan fingerprint density at radius 2 is 1.55 bits per heavy atom. The van der Waals surface area contributed by atoms with E-state index in [1.165, 1.54) is 0 Å². The monoisotopic (exact) mass is 426 g/mol. The number of aryl methyl sites for hydroxylation is 1. The molecule has 0 spiro atoms. The van der Waals surface area contributed by atoms with Crippen molar-refractivity contribution in [2.24, 2.45) is 0 Å². The quantitative estimate of drug-likeness (QED) is 0.586. The number of hydrogen-bond donors (Lipinski definition) is 2. The summed E-state index contributed by atoms with van der Waals surface area (Å²) in [6, 6.07) is 21.6. The fourth-order valence-electron chi connectivity index (χ4n) is 2.92. The number of benzene rings is 3. The van der Waals surface area contributed by atoms with Crippen LogP contribution in [0.2, 0.25) is 10.0 Å². The van der Waals surface area contributed by atoms with E-state index in [1.54, 1.807) is 30.3 Å². The molecule has 1 unspecified atom stereocenters. The fourth-order valence-corrected chi connectivity index (χ4v) is 3.16. The maximum atomic E-state index is 12.6. The van der Waals surface area contributed by atoms with Crippen LogP contribution in [0.3, 0.4) is 0 Å². The van der Waals surface area contributed by atoms with Gasteiger partial charge in [0.15, 0.2) is 0 Å². The number of carbonyl (C=O) groups is 2. The van der Waals surface area contributed by atoms with Gasteiger partial charge in [0.25, 0.3) is 5.91 Å². The molecular weight excluding hydrogens is 407 g/mol. The first-order chi connectivity index (χ1) is 13.9. The maximum Gasteiger partial charge on any atom is 0.251 e. The Labute approximate surface area is 179 Å². The lowest BCUT2D eigenvalue weighted by Gasteiger charge is -2.20. The largest absolute Gasteiger partial charge is 0.344 e. The molecule has 148 valence electrons. The van der Waals surface area contributed by atoms with Crippen molar-refractivity contribution < 1.29 is 9.59 Å². The van der Waals surface area contributed by atoms with Crippen LogP contribution in [-0.2, 0) is 4.79 Å². The Hall–Kier alpha value is -2.82. The van der Waals surface area contributed by atoms with Crippen molar-refractivity contribution in [2.45, 2.75) is 13.0 Å². The third-order valence-electron chi connectivity index (χ3n) is 4.47. The zero-order valence-electron chi connectivity index (χ0n) is 15.8. The van der Waals surface area contributed by atoms with Crippen LogP contribution in [0.15, 0.2) is 72.8 Å². The normalized spacial score (nSPS) is 11.6. The van der Waals surface area contributed by atoms with Crippen molar-refractivity contribution >= 4 is 35.0 Å². The minimum atomic E-state index is -0.351. The molecule has 0 heterocycles. The van der Waals surface area contributed by atoms with Crippen LogP contribution in [0.4, 0.5) is 0 Å². The highest BCUT2D eigenvalue weighted by Crippen LogP contribution is 2.23. The molecule has 0 aromatic heterocycles. The summed E-state index contributed by atoms with van der Waals surface area (Å²) in [7, 11) is 0. The molecule has 6 heteroatoms. The zero-order valence-corrected chi connectivity index (χ0v) is 17.3. The van der Waals surface area contributed by atoms with Gasteiger partial charge in [-0.05, 0) is 53.9 Å². The minimum absolute atomic E-state index is 0.141. The van der Waals surface area contributed by atoms with Crippen molar-refractivity contribution in [3.05, 3.63) is 105 Å². The van der Waals surface area contributed by atoms with Crippen molar-refractivity contribution in [1.82, 2.24) is 10.6 Å². The molecule has 4 nitrogen and oxygen atoms in total. The zero-order chi connectivity index (χ0) is 20.8. The van der Waals surface area contributed by atoms with E-state index in [0.29, 0.717) is 15.6 Å². The van der Waals surface area contributed by atoms with Gasteiger partial charge < -0.3 is 10.6 Å². The molecule has 0 aliphatic carbocycles. The third-order valence-corrected chi connectivity index (χ3v) is 5.15. The molecule has 2 N–H and O–H groups in total. The minimum Gasteiger partial charge on any atom is -0.344 e. The van der Waals surface area contributed by atoms with Crippen LogP contribution >= 0.6 is 23.2 Å². The highest BCUT2D eigenvalue weighted by molar-refractivity contribution is 6.31. The molecule has 0 fully saturated rings. The van der Waals surface area contributed by atoms with E-state index in [-0.39, 0.29) is 24.4 Å². The van der Waals surface area contributed by atoms with Gasteiger partial charge in [0.1, 0.15) is 0 Å². The summed E-state index contributed by atoms with van der Waals surface area (Å²) in [5, 5.41) is 6.84. The number of amides is 2. The van der Waals surface area contributed by atoms with Gasteiger partial charge in [0, 0.05) is 15.6 Å². The summed E-state index contributed by atoms with van der Waals surface area (Å²) in [6.07, 6.45) is 0. The standard InChI is InChI=1S/C23H20Cl2N2O2/c1-15-13-18(9-12-20(15)25)23(29)26-14-21(28)27-22(16-5-3-2-4-6-16)17-7-10-19(24)11-8-17/h2-13,22H,14H2,1H3,(H,26,29)(H,27,28). The molecular formula is C23H20Cl2N2O2. The van der Waals surface area contributed by atoms with Gasteiger partial charge in [-0.2, -0.15) is 0 Å². The molecule has 0 aliphatic rings. The first-order valence-electron chi connectivity index (χ1n) is 9.08. The molecule has 29 heavy (non-hydrogen) atoms. The van der Waals surface area contributed by atoms with Crippen molar-refractivity contribution in [3.8, 4) is 0 Å². The lowest BCUT2D eigenvalue weighted by molar-refractivity contribution is -0.120. The molecule has 0 radical (unpaired) electrons. The summed E-state index contributed by atoms with van der Waals surface area (Å²) in [4.78, 5) is 24.9. The van der Waals surface area contributed by atoms with E-state index < -0.39 is 0 Å². The second-order valence-corrected chi connectivity index (χ2v) is 7.45. The summed E-state index contributed by atoms with van der Waals surface area (Å²) in [6.45, 7) is 1.68. The molecule has 1 atom stereocenters. The van der Waals surface area contributed by atoms with E-state index in [4.69, 9.17) is 23.2 Å². The number of rotatable bonds is 6. The maximum absolute atomic E-state index is 12.6. The van der Waals surface area contributed by atoms with Crippen molar-refractivity contribution in [3.63, 3.8) is 0 Å². The van der Waals surface area contributed by atoms with Gasteiger partial charge in [-0.3, -0.25) is 9.59 Å². The summed E-state index contributed by atoms with van der Waals surface area (Å²) >= 11 is 12.0. The van der Waals surface area contributed by atoms with Crippen LogP contribution in [0.5, 0.6) is 0 Å². The van der Waals surface area contributed by atoms with Gasteiger partial charge in [-0.15, -0.1) is 0 Å². The predicted octanol–water partition coefficient (Wildman–Crippen LogP) is 4.94. The molecule has 3 aromatic carbocycles. The van der Waals surface area contributed by atoms with Crippen LogP contribution in [0.1, 0.15) is 33.1 Å². The van der Waals surface area contributed by atoms with E-state index in [9.17, 15) is 9.59 Å². The van der Waals surface area contributed by atoms with Crippen LogP contribution in [0.25, 0.3) is 0 Å². The van der Waals surface area contributed by atoms with E-state index in [0.717, 1.165) is 16.7 Å². The second-order valence-electron chi connectivity index (χ2n) is 6.61. The van der Waals surface area contributed by atoms with Gasteiger partial charge in [0.05, 0.1) is 12.6 Å². The van der Waals surface area contributed by atoms with Crippen LogP contribution in [0, 0.1) is 6.92 Å². The SMILES string of the molecule is Cc1cc(C(=O)NCC(=O)NC(c2ccccc2)c2ccc(Cl)cc2)ccc1Cl. The Bertz CT molecular complexity index is 1010. The fraction of sp³-hybridized carbons (Fsp3) is 0.130. The highest BCUT2D eigenvalue weighted by atomic mass is 35.5. The van der Waals surface area contributed by atoms with Crippen molar-refractivity contribution in [1.29, 1.82) is 0 Å². The molecule has 0 bridgehead atoms. The van der Waals surface area contributed by atoms with Gasteiger partial charge in [-0.25, -0.2) is 0 Å². The average molecular weight is 427 g/mol. The Balaban J connectivity index is 1.69. The van der Waals surface area contributed by atoms with Gasteiger partial charge >= 0.3 is 0 Å². The number of nitrogens with one attached hydrogen (secondary N) is 2. The van der Waals surface area contributed by atoms with E-state index in [2.05, 4.69) is 10.6 Å². The van der Waals surface area contributed by atoms with Gasteiger partial charge in [-0.1, -0.05) is 65.7 Å². The molecule has 0 saturated carbocycles. The number of hydrogen-bond acceptors (Lipinski definition) is 2. The molecule has 0 aliphatic heterocycles. The van der Waals surface area contributed by atoms with Gasteiger partial charge in [0.2, 0.25) is 5.91 Å². The smallest absolute Gasteiger partial charge is 0.251 e. The Kier molecular flexibility index (Phi) is 6.91. The van der Waals surface area contributed by atoms with Crippen LogP contribution < -0.4 is 10.6 Å². The third kappa shape index (κ3) is 5.59. The lowest BCUT2D eigenvalue weighted by atomic mass is 9.98. The Morgan fingerprint density at radius 3 is 2.21 bits per heavy atom. The topological polar surface area (TPSA) is 58.2 Å². The first kappa shape index (κ1) is 20.9. The average Bonchev–Trinajstić information content (AvgIpc) is 2.73. The summed E-state index contributed by atoms with van der Waals surface area (Å²) < 4.78 is 0. The second kappa shape index (κ2) is 9.59. The highest BCUT2D eigenvalue weighted by Gasteiger charge is 2.17. The van der Waals surface area contributed by atoms with Crippen molar-refractivity contribution in [2.75, 3.05) is 6.54 Å². The molecule has 3 aromatic rings. The number of halogens is 2. The predicted molar refractivity (Wildman–Crippen MR) is 116 cm³/mol. The van der Waals surface area contributed by atoms with E-state index >= 15 is 0 Å². The summed E-state index contributed by atoms with van der Waals surface area (Å²) in [5.74, 6) is -0.629. The molecule has 3 rings (SSSR count). The first-order valence-corrected chi connectivity index (χ1v) is 9.84. The molecule has 2 amide bonds. The summed E-state index contributed by atoms with van der Waals surface area (Å²) in [5.41, 5.74) is 3.09. The van der Waals surface area contributed by atoms with Crippen LogP contribution in [-0.4, -0.2) is 18.4 Å². The Morgan fingerprint density at radius 1 is 0.897 bits per heavy atom. The number of carbonyl (C=O) groups excluding carboxylic acids is 2.